The standard InChI is InChI=1S/C15H28N2O3S/c1-11(2)10-21-6-4-5-16-15(20)17-8-12(3)7-13(9-17)14(18)19/h11-13H,4-10H2,1-3H3,(H,16,20)(H,18,19). The van der Waals surface area contributed by atoms with E-state index >= 15 is 0 Å². The van der Waals surface area contributed by atoms with Crippen LogP contribution in [0.1, 0.15) is 33.6 Å². The van der Waals surface area contributed by atoms with E-state index in [1.54, 1.807) is 4.90 Å². The highest BCUT2D eigenvalue weighted by Gasteiger charge is 2.31. The topological polar surface area (TPSA) is 69.6 Å². The van der Waals surface area contributed by atoms with Crippen LogP contribution in [0.2, 0.25) is 0 Å². The van der Waals surface area contributed by atoms with Gasteiger partial charge >= 0.3 is 12.0 Å². The van der Waals surface area contributed by atoms with Crippen LogP contribution in [0, 0.1) is 17.8 Å². The average Bonchev–Trinajstić information content (AvgIpc) is 2.41. The molecule has 2 amide bonds. The number of carboxylic acid groups (broad SMARTS) is 1. The Morgan fingerprint density at radius 2 is 2.10 bits per heavy atom. The SMILES string of the molecule is CC(C)CSCCCNC(=O)N1CC(C)CC(C(=O)O)C1. The molecule has 1 heterocycles. The predicted molar refractivity (Wildman–Crippen MR) is 86.7 cm³/mol. The molecule has 1 saturated heterocycles. The third-order valence-corrected chi connectivity index (χ3v) is 4.97. The van der Waals surface area contributed by atoms with E-state index in [0.29, 0.717) is 32.0 Å². The van der Waals surface area contributed by atoms with Crippen molar-refractivity contribution in [1.29, 1.82) is 0 Å². The molecule has 1 aliphatic rings. The van der Waals surface area contributed by atoms with Crippen LogP contribution in [0.15, 0.2) is 0 Å². The Balaban J connectivity index is 2.23. The molecule has 122 valence electrons. The number of carboxylic acids is 1. The van der Waals surface area contributed by atoms with Gasteiger partial charge < -0.3 is 15.3 Å². The fourth-order valence-electron chi connectivity index (χ4n) is 2.50. The van der Waals surface area contributed by atoms with E-state index in [2.05, 4.69) is 19.2 Å². The number of aliphatic carboxylic acids is 1. The van der Waals surface area contributed by atoms with Crippen molar-refractivity contribution >= 4 is 23.8 Å². The lowest BCUT2D eigenvalue weighted by Crippen LogP contribution is -2.49. The van der Waals surface area contributed by atoms with E-state index in [4.69, 9.17) is 5.11 Å². The summed E-state index contributed by atoms with van der Waals surface area (Å²) < 4.78 is 0. The molecule has 0 bridgehead atoms. The van der Waals surface area contributed by atoms with Crippen molar-refractivity contribution in [2.24, 2.45) is 17.8 Å². The van der Waals surface area contributed by atoms with Gasteiger partial charge in [0.1, 0.15) is 0 Å². The summed E-state index contributed by atoms with van der Waals surface area (Å²) in [4.78, 5) is 24.8. The van der Waals surface area contributed by atoms with Crippen LogP contribution in [-0.4, -0.2) is 53.1 Å². The van der Waals surface area contributed by atoms with E-state index in [0.717, 1.165) is 17.9 Å². The summed E-state index contributed by atoms with van der Waals surface area (Å²) in [6, 6.07) is -0.123. The van der Waals surface area contributed by atoms with Crippen molar-refractivity contribution in [3.05, 3.63) is 0 Å². The first-order valence-corrected chi connectivity index (χ1v) is 8.89. The van der Waals surface area contributed by atoms with E-state index in [-0.39, 0.29) is 11.9 Å². The molecule has 2 N–H and O–H groups in total. The van der Waals surface area contributed by atoms with Crippen LogP contribution in [-0.2, 0) is 4.79 Å². The summed E-state index contributed by atoms with van der Waals surface area (Å²) in [5.41, 5.74) is 0. The van der Waals surface area contributed by atoms with Crippen molar-refractivity contribution in [1.82, 2.24) is 10.2 Å². The van der Waals surface area contributed by atoms with Gasteiger partial charge in [0.15, 0.2) is 0 Å². The third kappa shape index (κ3) is 7.07. The van der Waals surface area contributed by atoms with Crippen molar-refractivity contribution < 1.29 is 14.7 Å². The number of amides is 2. The van der Waals surface area contributed by atoms with Crippen molar-refractivity contribution in [2.75, 3.05) is 31.1 Å². The highest BCUT2D eigenvalue weighted by atomic mass is 32.2. The quantitative estimate of drug-likeness (QED) is 0.708. The number of nitrogens with zero attached hydrogens (tertiary/aromatic N) is 1. The molecule has 5 nitrogen and oxygen atoms in total. The van der Waals surface area contributed by atoms with Gasteiger partial charge in [0, 0.05) is 19.6 Å². The molecule has 0 spiro atoms. The first kappa shape index (κ1) is 18.1. The van der Waals surface area contributed by atoms with Gasteiger partial charge in [-0.05, 0) is 36.2 Å². The highest BCUT2D eigenvalue weighted by Crippen LogP contribution is 2.21. The Kier molecular flexibility index (Phi) is 7.93. The number of likely N-dealkylation sites (tertiary alicyclic amines) is 1. The fourth-order valence-corrected chi connectivity index (χ4v) is 3.48. The second-order valence-electron chi connectivity index (χ2n) is 6.34. The Morgan fingerprint density at radius 3 is 2.71 bits per heavy atom. The molecule has 0 saturated carbocycles. The lowest BCUT2D eigenvalue weighted by atomic mass is 9.91. The average molecular weight is 316 g/mol. The van der Waals surface area contributed by atoms with E-state index in [1.807, 2.05) is 18.7 Å². The van der Waals surface area contributed by atoms with Crippen molar-refractivity contribution in [3.8, 4) is 0 Å². The fraction of sp³-hybridized carbons (Fsp3) is 0.867. The number of thioether (sulfide) groups is 1. The number of carbonyl (C=O) groups excluding carboxylic acids is 1. The zero-order chi connectivity index (χ0) is 15.8. The van der Waals surface area contributed by atoms with Crippen LogP contribution in [0.4, 0.5) is 4.79 Å². The van der Waals surface area contributed by atoms with E-state index < -0.39 is 11.9 Å². The number of nitrogens with one attached hydrogen (secondary N) is 1. The Morgan fingerprint density at radius 1 is 1.38 bits per heavy atom. The zero-order valence-corrected chi connectivity index (χ0v) is 14.1. The Bertz CT molecular complexity index is 350. The first-order valence-electron chi connectivity index (χ1n) is 7.73. The van der Waals surface area contributed by atoms with E-state index in [1.165, 1.54) is 0 Å². The van der Waals surface area contributed by atoms with E-state index in [9.17, 15) is 9.59 Å². The minimum absolute atomic E-state index is 0.123. The molecule has 6 heteroatoms. The number of hydrogen-bond donors (Lipinski definition) is 2. The lowest BCUT2D eigenvalue weighted by molar-refractivity contribution is -0.143. The van der Waals surface area contributed by atoms with Gasteiger partial charge in [-0.2, -0.15) is 11.8 Å². The molecule has 0 aliphatic carbocycles. The number of rotatable bonds is 7. The van der Waals surface area contributed by atoms with Crippen LogP contribution in [0.5, 0.6) is 0 Å². The number of hydrogen-bond acceptors (Lipinski definition) is 3. The zero-order valence-electron chi connectivity index (χ0n) is 13.3. The maximum atomic E-state index is 12.1. The molecule has 1 fully saturated rings. The highest BCUT2D eigenvalue weighted by molar-refractivity contribution is 7.99. The largest absolute Gasteiger partial charge is 0.481 e. The van der Waals surface area contributed by atoms with Crippen LogP contribution in [0.3, 0.4) is 0 Å². The van der Waals surface area contributed by atoms with Crippen LogP contribution in [0.25, 0.3) is 0 Å². The number of carbonyl (C=O) groups is 2. The predicted octanol–water partition coefficient (Wildman–Crippen LogP) is 2.52. The maximum absolute atomic E-state index is 12.1. The molecule has 0 aromatic rings. The van der Waals surface area contributed by atoms with Crippen molar-refractivity contribution in [3.63, 3.8) is 0 Å². The second kappa shape index (κ2) is 9.18. The molecule has 2 unspecified atom stereocenters. The summed E-state index contributed by atoms with van der Waals surface area (Å²) in [6.45, 7) is 8.03. The van der Waals surface area contributed by atoms with Gasteiger partial charge in [-0.25, -0.2) is 4.79 Å². The summed E-state index contributed by atoms with van der Waals surface area (Å²) >= 11 is 1.91. The number of urea groups is 1. The normalized spacial score (nSPS) is 22.4. The monoisotopic (exact) mass is 316 g/mol. The minimum Gasteiger partial charge on any atom is -0.481 e. The van der Waals surface area contributed by atoms with Gasteiger partial charge in [0.2, 0.25) is 0 Å². The maximum Gasteiger partial charge on any atom is 0.317 e. The second-order valence-corrected chi connectivity index (χ2v) is 7.49. The lowest BCUT2D eigenvalue weighted by Gasteiger charge is -2.34. The summed E-state index contributed by atoms with van der Waals surface area (Å²) in [5.74, 6) is 1.91. The van der Waals surface area contributed by atoms with Crippen LogP contribution >= 0.6 is 11.8 Å². The molecule has 2 atom stereocenters. The van der Waals surface area contributed by atoms with Gasteiger partial charge in [0.05, 0.1) is 5.92 Å². The smallest absolute Gasteiger partial charge is 0.317 e. The molecule has 0 aromatic carbocycles. The first-order chi connectivity index (χ1) is 9.90. The summed E-state index contributed by atoms with van der Waals surface area (Å²) in [6.07, 6.45) is 1.61. The molecule has 21 heavy (non-hydrogen) atoms. The molecular weight excluding hydrogens is 288 g/mol. The summed E-state index contributed by atoms with van der Waals surface area (Å²) in [5, 5.41) is 12.0. The van der Waals surface area contributed by atoms with Crippen LogP contribution < -0.4 is 5.32 Å². The third-order valence-electron chi connectivity index (χ3n) is 3.49. The number of piperidine rings is 1. The molecule has 0 radical (unpaired) electrons. The Hall–Kier alpha value is -0.910. The van der Waals surface area contributed by atoms with Gasteiger partial charge in [0.25, 0.3) is 0 Å². The molecule has 1 aliphatic heterocycles. The molecule has 1 rings (SSSR count). The Labute approximate surface area is 131 Å². The van der Waals surface area contributed by atoms with Crippen molar-refractivity contribution in [2.45, 2.75) is 33.6 Å². The molecular formula is C15H28N2O3S. The van der Waals surface area contributed by atoms with Gasteiger partial charge in [-0.1, -0.05) is 20.8 Å². The summed E-state index contributed by atoms with van der Waals surface area (Å²) in [7, 11) is 0. The molecule has 0 aromatic heterocycles. The van der Waals surface area contributed by atoms with Gasteiger partial charge in [-0.3, -0.25) is 4.79 Å². The van der Waals surface area contributed by atoms with Gasteiger partial charge in [-0.15, -0.1) is 0 Å². The minimum atomic E-state index is -0.801.